The van der Waals surface area contributed by atoms with Gasteiger partial charge in [0.15, 0.2) is 11.6 Å². The van der Waals surface area contributed by atoms with Crippen LogP contribution in [0.4, 0.5) is 10.1 Å². The lowest BCUT2D eigenvalue weighted by Gasteiger charge is -2.15. The van der Waals surface area contributed by atoms with Gasteiger partial charge in [-0.1, -0.05) is 24.3 Å². The van der Waals surface area contributed by atoms with E-state index in [1.807, 2.05) is 6.92 Å². The molecule has 110 valence electrons. The Bertz CT molecular complexity index is 661. The number of rotatable bonds is 5. The first-order valence-corrected chi connectivity index (χ1v) is 6.43. The van der Waals surface area contributed by atoms with E-state index in [9.17, 15) is 19.6 Å². The second-order valence-electron chi connectivity index (χ2n) is 4.70. The fourth-order valence-electron chi connectivity index (χ4n) is 1.99. The molecule has 0 aromatic heterocycles. The van der Waals surface area contributed by atoms with Gasteiger partial charge in [0.1, 0.15) is 0 Å². The first-order chi connectivity index (χ1) is 9.99. The van der Waals surface area contributed by atoms with Crippen LogP contribution >= 0.6 is 0 Å². The molecule has 0 saturated carbocycles. The van der Waals surface area contributed by atoms with Crippen molar-refractivity contribution in [1.29, 1.82) is 0 Å². The third-order valence-corrected chi connectivity index (χ3v) is 3.25. The van der Waals surface area contributed by atoms with Crippen LogP contribution in [0.15, 0.2) is 42.5 Å². The molecule has 0 aliphatic rings. The highest BCUT2D eigenvalue weighted by Gasteiger charge is 2.12. The molecule has 0 aliphatic carbocycles. The van der Waals surface area contributed by atoms with Crippen molar-refractivity contribution in [3.8, 4) is 5.75 Å². The van der Waals surface area contributed by atoms with Gasteiger partial charge in [0.25, 0.3) is 5.69 Å². The van der Waals surface area contributed by atoms with Gasteiger partial charge in [0.2, 0.25) is 0 Å². The Morgan fingerprint density at radius 1 is 1.33 bits per heavy atom. The molecule has 6 heteroatoms. The van der Waals surface area contributed by atoms with Crippen LogP contribution in [-0.4, -0.2) is 10.0 Å². The number of non-ortho nitro benzene ring substituents is 1. The molecule has 2 N–H and O–H groups in total. The predicted molar refractivity (Wildman–Crippen MR) is 76.4 cm³/mol. The summed E-state index contributed by atoms with van der Waals surface area (Å²) in [4.78, 5) is 10.3. The summed E-state index contributed by atoms with van der Waals surface area (Å²) in [5, 5.41) is 23.4. The summed E-state index contributed by atoms with van der Waals surface area (Å²) in [5.41, 5.74) is 1.21. The van der Waals surface area contributed by atoms with E-state index in [2.05, 4.69) is 5.32 Å². The molecule has 0 amide bonds. The molecule has 0 fully saturated rings. The summed E-state index contributed by atoms with van der Waals surface area (Å²) in [6.45, 7) is 2.10. The van der Waals surface area contributed by atoms with Crippen LogP contribution in [-0.2, 0) is 6.54 Å². The fraction of sp³-hybridized carbons (Fsp3) is 0.200. The Kier molecular flexibility index (Phi) is 4.49. The largest absolute Gasteiger partial charge is 0.505 e. The lowest BCUT2D eigenvalue weighted by Crippen LogP contribution is -2.18. The average Bonchev–Trinajstić information content (AvgIpc) is 2.48. The van der Waals surface area contributed by atoms with E-state index in [1.54, 1.807) is 18.2 Å². The van der Waals surface area contributed by atoms with Gasteiger partial charge in [-0.15, -0.1) is 0 Å². The first-order valence-electron chi connectivity index (χ1n) is 6.43. The number of phenolic OH excluding ortho intramolecular Hbond substituents is 1. The van der Waals surface area contributed by atoms with Crippen molar-refractivity contribution >= 4 is 5.69 Å². The van der Waals surface area contributed by atoms with E-state index in [1.165, 1.54) is 24.3 Å². The van der Waals surface area contributed by atoms with Crippen molar-refractivity contribution < 1.29 is 14.4 Å². The van der Waals surface area contributed by atoms with Crippen LogP contribution in [0.5, 0.6) is 5.75 Å². The lowest BCUT2D eigenvalue weighted by molar-refractivity contribution is -0.384. The second-order valence-corrected chi connectivity index (χ2v) is 4.70. The second kappa shape index (κ2) is 6.32. The van der Waals surface area contributed by atoms with E-state index >= 15 is 0 Å². The summed E-state index contributed by atoms with van der Waals surface area (Å²) >= 11 is 0. The van der Waals surface area contributed by atoms with E-state index in [0.29, 0.717) is 5.56 Å². The van der Waals surface area contributed by atoms with E-state index in [4.69, 9.17) is 0 Å². The lowest BCUT2D eigenvalue weighted by atomic mass is 10.1. The number of para-hydroxylation sites is 1. The summed E-state index contributed by atoms with van der Waals surface area (Å²) in [7, 11) is 0. The quantitative estimate of drug-likeness (QED) is 0.654. The molecule has 5 nitrogen and oxygen atoms in total. The molecule has 1 atom stereocenters. The summed E-state index contributed by atoms with van der Waals surface area (Å²) in [6.07, 6.45) is 0. The van der Waals surface area contributed by atoms with Crippen molar-refractivity contribution in [2.45, 2.75) is 19.5 Å². The van der Waals surface area contributed by atoms with Gasteiger partial charge in [-0.05, 0) is 18.6 Å². The number of halogens is 1. The molecule has 21 heavy (non-hydrogen) atoms. The topological polar surface area (TPSA) is 75.4 Å². The smallest absolute Gasteiger partial charge is 0.269 e. The molecule has 2 aromatic rings. The Hall–Kier alpha value is -2.47. The van der Waals surface area contributed by atoms with Crippen LogP contribution in [0.1, 0.15) is 24.1 Å². The van der Waals surface area contributed by atoms with Gasteiger partial charge in [-0.25, -0.2) is 4.39 Å². The highest BCUT2D eigenvalue weighted by Crippen LogP contribution is 2.23. The number of nitrogens with zero attached hydrogens (tertiary/aromatic N) is 1. The number of nitro benzene ring substituents is 1. The molecule has 2 aromatic carbocycles. The number of aromatic hydroxyl groups is 1. The van der Waals surface area contributed by atoms with Crippen molar-refractivity contribution in [2.75, 3.05) is 0 Å². The summed E-state index contributed by atoms with van der Waals surface area (Å²) in [5.74, 6) is -1.05. The maximum atomic E-state index is 13.2. The van der Waals surface area contributed by atoms with Gasteiger partial charge in [0, 0.05) is 30.3 Å². The van der Waals surface area contributed by atoms with Crippen LogP contribution in [0.3, 0.4) is 0 Å². The SMILES string of the molecule is CC(NCc1cccc(F)c1O)c1cccc([N+](=O)[O-])c1. The minimum atomic E-state index is -0.669. The summed E-state index contributed by atoms with van der Waals surface area (Å²) in [6, 6.07) is 10.4. The van der Waals surface area contributed by atoms with Crippen LogP contribution in [0.2, 0.25) is 0 Å². The molecule has 0 bridgehead atoms. The molecular formula is C15H15FN2O3. The number of phenols is 1. The first kappa shape index (κ1) is 14.9. The average molecular weight is 290 g/mol. The molecule has 0 spiro atoms. The Labute approximate surface area is 121 Å². The summed E-state index contributed by atoms with van der Waals surface area (Å²) < 4.78 is 13.2. The number of nitrogens with one attached hydrogen (secondary N) is 1. The molecule has 0 heterocycles. The highest BCUT2D eigenvalue weighted by atomic mass is 19.1. The zero-order valence-corrected chi connectivity index (χ0v) is 11.4. The zero-order chi connectivity index (χ0) is 15.4. The normalized spacial score (nSPS) is 12.1. The third-order valence-electron chi connectivity index (χ3n) is 3.25. The van der Waals surface area contributed by atoms with Crippen molar-refractivity contribution in [1.82, 2.24) is 5.32 Å². The fourth-order valence-corrected chi connectivity index (χ4v) is 1.99. The molecule has 0 saturated heterocycles. The number of hydrogen-bond donors (Lipinski definition) is 2. The van der Waals surface area contributed by atoms with Gasteiger partial charge >= 0.3 is 0 Å². The molecule has 0 radical (unpaired) electrons. The van der Waals surface area contributed by atoms with E-state index < -0.39 is 10.7 Å². The van der Waals surface area contributed by atoms with Crippen molar-refractivity contribution in [3.05, 3.63) is 69.5 Å². The van der Waals surface area contributed by atoms with E-state index in [0.717, 1.165) is 5.56 Å². The number of benzene rings is 2. The highest BCUT2D eigenvalue weighted by molar-refractivity contribution is 5.36. The third kappa shape index (κ3) is 3.55. The van der Waals surface area contributed by atoms with Gasteiger partial charge < -0.3 is 10.4 Å². The number of nitro groups is 1. The predicted octanol–water partition coefficient (Wildman–Crippen LogP) is 3.29. The Morgan fingerprint density at radius 3 is 2.76 bits per heavy atom. The molecule has 2 rings (SSSR count). The van der Waals surface area contributed by atoms with Crippen molar-refractivity contribution in [3.63, 3.8) is 0 Å². The molecule has 1 unspecified atom stereocenters. The van der Waals surface area contributed by atoms with Gasteiger partial charge in [0.05, 0.1) is 4.92 Å². The minimum absolute atomic E-state index is 0.0229. The van der Waals surface area contributed by atoms with E-state index in [-0.39, 0.29) is 24.0 Å². The van der Waals surface area contributed by atoms with Crippen LogP contribution in [0, 0.1) is 15.9 Å². The Balaban J connectivity index is 2.08. The standard InChI is InChI=1S/C15H15FN2O3/c1-10(11-4-2-6-13(8-11)18(20)21)17-9-12-5-3-7-14(16)15(12)19/h2-8,10,17,19H,9H2,1H3. The maximum Gasteiger partial charge on any atom is 0.269 e. The van der Waals surface area contributed by atoms with Crippen molar-refractivity contribution in [2.24, 2.45) is 0 Å². The van der Waals surface area contributed by atoms with Crippen LogP contribution < -0.4 is 5.32 Å². The van der Waals surface area contributed by atoms with Crippen LogP contribution in [0.25, 0.3) is 0 Å². The van der Waals surface area contributed by atoms with Gasteiger partial charge in [-0.2, -0.15) is 0 Å². The zero-order valence-electron chi connectivity index (χ0n) is 11.4. The molecular weight excluding hydrogens is 275 g/mol. The monoisotopic (exact) mass is 290 g/mol. The van der Waals surface area contributed by atoms with Gasteiger partial charge in [-0.3, -0.25) is 10.1 Å². The Morgan fingerprint density at radius 2 is 2.05 bits per heavy atom. The molecule has 0 aliphatic heterocycles. The maximum absolute atomic E-state index is 13.2. The minimum Gasteiger partial charge on any atom is -0.505 e. The number of hydrogen-bond acceptors (Lipinski definition) is 4.